The minimum Gasteiger partial charge on any atom is -0.355 e. The van der Waals surface area contributed by atoms with E-state index in [9.17, 15) is 9.59 Å². The molecule has 0 spiro atoms. The molecule has 0 atom stereocenters. The molecule has 2 rings (SSSR count). The number of hydrogen-bond donors (Lipinski definition) is 3. The first-order valence-electron chi connectivity index (χ1n) is 8.30. The second-order valence-corrected chi connectivity index (χ2v) is 6.25. The molecular formula is C15H28N6O2. The molecule has 0 bridgehead atoms. The van der Waals surface area contributed by atoms with Gasteiger partial charge in [-0.1, -0.05) is 0 Å². The Morgan fingerprint density at radius 2 is 2.04 bits per heavy atom. The minimum absolute atomic E-state index is 0.0975. The van der Waals surface area contributed by atoms with Crippen LogP contribution in [0.15, 0.2) is 4.99 Å². The summed E-state index contributed by atoms with van der Waals surface area (Å²) in [7, 11) is 1.73. The number of urea groups is 1. The molecule has 0 aromatic rings. The Bertz CT molecular complexity index is 441. The van der Waals surface area contributed by atoms with Crippen LogP contribution < -0.4 is 16.0 Å². The lowest BCUT2D eigenvalue weighted by molar-refractivity contribution is -0.124. The van der Waals surface area contributed by atoms with Gasteiger partial charge in [0.05, 0.1) is 6.54 Å². The number of amides is 3. The van der Waals surface area contributed by atoms with Gasteiger partial charge in [0, 0.05) is 45.3 Å². The SMILES string of the molecule is CN=C(NCCN1C(=O)CNC1=O)NC1CCN(C(C)C)CC1. The molecule has 2 heterocycles. The summed E-state index contributed by atoms with van der Waals surface area (Å²) in [4.78, 5) is 30.9. The lowest BCUT2D eigenvalue weighted by Crippen LogP contribution is -2.50. The number of hydrogen-bond acceptors (Lipinski definition) is 4. The van der Waals surface area contributed by atoms with E-state index in [1.165, 1.54) is 4.90 Å². The largest absolute Gasteiger partial charge is 0.355 e. The van der Waals surface area contributed by atoms with Gasteiger partial charge in [-0.3, -0.25) is 14.7 Å². The Kier molecular flexibility index (Phi) is 6.20. The van der Waals surface area contributed by atoms with Crippen LogP contribution in [0.5, 0.6) is 0 Å². The number of nitrogens with one attached hydrogen (secondary N) is 3. The Labute approximate surface area is 137 Å². The van der Waals surface area contributed by atoms with Crippen LogP contribution in [0.25, 0.3) is 0 Å². The maximum atomic E-state index is 11.5. The molecule has 23 heavy (non-hydrogen) atoms. The number of guanidine groups is 1. The van der Waals surface area contributed by atoms with Crippen LogP contribution in [0, 0.1) is 0 Å². The molecule has 8 nitrogen and oxygen atoms in total. The molecular weight excluding hydrogens is 296 g/mol. The third-order valence-corrected chi connectivity index (χ3v) is 4.39. The fourth-order valence-electron chi connectivity index (χ4n) is 2.92. The standard InChI is InChI=1S/C15H28N6O2/c1-11(2)20-7-4-12(5-8-20)19-14(16-3)17-6-9-21-13(22)10-18-15(21)23/h11-12H,4-10H2,1-3H3,(H,18,23)(H2,16,17,19). The van der Waals surface area contributed by atoms with Crippen molar-refractivity contribution in [1.29, 1.82) is 0 Å². The molecule has 8 heteroatoms. The summed E-state index contributed by atoms with van der Waals surface area (Å²) >= 11 is 0. The first-order valence-corrected chi connectivity index (χ1v) is 8.30. The average molecular weight is 324 g/mol. The van der Waals surface area contributed by atoms with Crippen molar-refractivity contribution in [3.63, 3.8) is 0 Å². The zero-order valence-electron chi connectivity index (χ0n) is 14.3. The van der Waals surface area contributed by atoms with Crippen molar-refractivity contribution in [2.24, 2.45) is 4.99 Å². The van der Waals surface area contributed by atoms with E-state index in [0.29, 0.717) is 25.2 Å². The van der Waals surface area contributed by atoms with Crippen LogP contribution in [0.4, 0.5) is 4.79 Å². The summed E-state index contributed by atoms with van der Waals surface area (Å²) < 4.78 is 0. The predicted molar refractivity (Wildman–Crippen MR) is 89.3 cm³/mol. The van der Waals surface area contributed by atoms with Gasteiger partial charge in [0.25, 0.3) is 0 Å². The Morgan fingerprint density at radius 1 is 1.35 bits per heavy atom. The van der Waals surface area contributed by atoms with E-state index in [4.69, 9.17) is 0 Å². The van der Waals surface area contributed by atoms with Crippen LogP contribution in [-0.4, -0.2) is 79.6 Å². The zero-order chi connectivity index (χ0) is 16.8. The number of aliphatic imine (C=N–C) groups is 1. The number of nitrogens with zero attached hydrogens (tertiary/aromatic N) is 3. The molecule has 2 aliphatic heterocycles. The summed E-state index contributed by atoms with van der Waals surface area (Å²) in [5.74, 6) is 0.542. The van der Waals surface area contributed by atoms with Crippen molar-refractivity contribution < 1.29 is 9.59 Å². The fourth-order valence-corrected chi connectivity index (χ4v) is 2.92. The van der Waals surface area contributed by atoms with E-state index >= 15 is 0 Å². The van der Waals surface area contributed by atoms with Gasteiger partial charge in [0.1, 0.15) is 0 Å². The molecule has 2 fully saturated rings. The highest BCUT2D eigenvalue weighted by atomic mass is 16.2. The molecule has 3 amide bonds. The van der Waals surface area contributed by atoms with Gasteiger partial charge in [-0.25, -0.2) is 4.79 Å². The van der Waals surface area contributed by atoms with Crippen molar-refractivity contribution in [3.8, 4) is 0 Å². The normalized spacial score (nSPS) is 21.0. The Morgan fingerprint density at radius 3 is 2.57 bits per heavy atom. The summed E-state index contributed by atoms with van der Waals surface area (Å²) in [6, 6.07) is 0.686. The molecule has 0 aliphatic carbocycles. The van der Waals surface area contributed by atoms with Gasteiger partial charge < -0.3 is 20.9 Å². The highest BCUT2D eigenvalue weighted by molar-refractivity contribution is 6.01. The van der Waals surface area contributed by atoms with Gasteiger partial charge in [-0.15, -0.1) is 0 Å². The van der Waals surface area contributed by atoms with Gasteiger partial charge in [0.2, 0.25) is 5.91 Å². The lowest BCUT2D eigenvalue weighted by atomic mass is 10.0. The van der Waals surface area contributed by atoms with Crippen LogP contribution in [0.1, 0.15) is 26.7 Å². The summed E-state index contributed by atoms with van der Waals surface area (Å²) in [5.41, 5.74) is 0. The third kappa shape index (κ3) is 4.82. The number of likely N-dealkylation sites (tertiary alicyclic amines) is 1. The predicted octanol–water partition coefficient (Wildman–Crippen LogP) is -0.424. The van der Waals surface area contributed by atoms with E-state index in [-0.39, 0.29) is 18.5 Å². The number of piperidine rings is 1. The first-order chi connectivity index (χ1) is 11.0. The topological polar surface area (TPSA) is 89.1 Å². The Balaban J connectivity index is 1.70. The average Bonchev–Trinajstić information content (AvgIpc) is 2.86. The molecule has 0 aromatic carbocycles. The maximum absolute atomic E-state index is 11.5. The van der Waals surface area contributed by atoms with Gasteiger partial charge >= 0.3 is 6.03 Å². The van der Waals surface area contributed by atoms with Crippen LogP contribution in [-0.2, 0) is 4.79 Å². The van der Waals surface area contributed by atoms with Gasteiger partial charge in [-0.2, -0.15) is 0 Å². The van der Waals surface area contributed by atoms with Gasteiger partial charge in [0.15, 0.2) is 5.96 Å². The second kappa shape index (κ2) is 8.14. The molecule has 2 saturated heterocycles. The molecule has 0 aromatic heterocycles. The number of rotatable bonds is 5. The second-order valence-electron chi connectivity index (χ2n) is 6.25. The van der Waals surface area contributed by atoms with E-state index < -0.39 is 0 Å². The van der Waals surface area contributed by atoms with Gasteiger partial charge in [-0.05, 0) is 26.7 Å². The lowest BCUT2D eigenvalue weighted by Gasteiger charge is -2.35. The summed E-state index contributed by atoms with van der Waals surface area (Å²) in [5, 5.41) is 9.10. The molecule has 2 aliphatic rings. The zero-order valence-corrected chi connectivity index (χ0v) is 14.3. The third-order valence-electron chi connectivity index (χ3n) is 4.39. The first kappa shape index (κ1) is 17.5. The smallest absolute Gasteiger partial charge is 0.324 e. The highest BCUT2D eigenvalue weighted by Crippen LogP contribution is 2.12. The van der Waals surface area contributed by atoms with Crippen molar-refractivity contribution in [2.45, 2.75) is 38.8 Å². The van der Waals surface area contributed by atoms with E-state index in [2.05, 4.69) is 39.7 Å². The van der Waals surface area contributed by atoms with Crippen molar-refractivity contribution in [3.05, 3.63) is 0 Å². The molecule has 0 unspecified atom stereocenters. The molecule has 130 valence electrons. The summed E-state index contributed by atoms with van der Waals surface area (Å²) in [6.07, 6.45) is 2.18. The highest BCUT2D eigenvalue weighted by Gasteiger charge is 2.27. The molecule has 0 radical (unpaired) electrons. The number of carbonyl (C=O) groups excluding carboxylic acids is 2. The van der Waals surface area contributed by atoms with Crippen molar-refractivity contribution in [2.75, 3.05) is 39.8 Å². The maximum Gasteiger partial charge on any atom is 0.324 e. The summed E-state index contributed by atoms with van der Waals surface area (Å²) in [6.45, 7) is 7.57. The van der Waals surface area contributed by atoms with Crippen molar-refractivity contribution in [1.82, 2.24) is 25.8 Å². The fraction of sp³-hybridized carbons (Fsp3) is 0.800. The Hall–Kier alpha value is -1.83. The number of carbonyl (C=O) groups is 2. The van der Waals surface area contributed by atoms with Crippen LogP contribution in [0.2, 0.25) is 0 Å². The van der Waals surface area contributed by atoms with E-state index in [1.54, 1.807) is 7.05 Å². The number of imide groups is 1. The van der Waals surface area contributed by atoms with Crippen LogP contribution in [0.3, 0.4) is 0 Å². The van der Waals surface area contributed by atoms with Crippen LogP contribution >= 0.6 is 0 Å². The molecule has 0 saturated carbocycles. The van der Waals surface area contributed by atoms with Crippen molar-refractivity contribution >= 4 is 17.9 Å². The monoisotopic (exact) mass is 324 g/mol. The van der Waals surface area contributed by atoms with E-state index in [1.807, 2.05) is 0 Å². The van der Waals surface area contributed by atoms with E-state index in [0.717, 1.165) is 31.9 Å². The molecule has 3 N–H and O–H groups in total. The quantitative estimate of drug-likeness (QED) is 0.363. The minimum atomic E-state index is -0.319.